The number of carbonyl (C=O) groups excluding carboxylic acids is 1. The number of nitrogens with zero attached hydrogens (tertiary/aromatic N) is 2. The van der Waals surface area contributed by atoms with E-state index >= 15 is 0 Å². The van der Waals surface area contributed by atoms with Gasteiger partial charge in [-0.25, -0.2) is 22.9 Å². The second kappa shape index (κ2) is 6.11. The van der Waals surface area contributed by atoms with Crippen LogP contribution in [0.4, 0.5) is 0 Å². The molecular weight excluding hydrogens is 304 g/mol. The van der Waals surface area contributed by atoms with Gasteiger partial charge >= 0.3 is 5.97 Å². The molecule has 0 bridgehead atoms. The van der Waals surface area contributed by atoms with E-state index in [-0.39, 0.29) is 16.3 Å². The van der Waals surface area contributed by atoms with Gasteiger partial charge in [0.2, 0.25) is 10.0 Å². The van der Waals surface area contributed by atoms with Crippen LogP contribution in [0.3, 0.4) is 0 Å². The molecule has 0 spiro atoms. The number of hydrogen-bond acceptors (Lipinski definition) is 7. The smallest absolute Gasteiger partial charge is 0.349 e. The second-order valence-electron chi connectivity index (χ2n) is 3.69. The minimum Gasteiger partial charge on any atom is -0.465 e. The summed E-state index contributed by atoms with van der Waals surface area (Å²) in [6.07, 6.45) is 1.72. The molecule has 10 heteroatoms. The molecule has 0 atom stereocenters. The molecule has 2 heterocycles. The molecule has 0 saturated carbocycles. The van der Waals surface area contributed by atoms with Crippen molar-refractivity contribution in [1.29, 1.82) is 0 Å². The highest BCUT2D eigenvalue weighted by Crippen LogP contribution is 2.22. The minimum absolute atomic E-state index is 0.0552. The highest BCUT2D eigenvalue weighted by atomic mass is 32.2. The summed E-state index contributed by atoms with van der Waals surface area (Å²) in [6.45, 7) is 0.147. The summed E-state index contributed by atoms with van der Waals surface area (Å²) in [5, 5.41) is 7.82. The van der Waals surface area contributed by atoms with Crippen LogP contribution in [-0.4, -0.2) is 43.2 Å². The van der Waals surface area contributed by atoms with Crippen molar-refractivity contribution in [1.82, 2.24) is 19.9 Å². The summed E-state index contributed by atoms with van der Waals surface area (Å²) < 4.78 is 31.2. The van der Waals surface area contributed by atoms with Crippen molar-refractivity contribution in [3.8, 4) is 0 Å². The fraction of sp³-hybridized carbons (Fsp3) is 0.300. The van der Waals surface area contributed by atoms with Crippen molar-refractivity contribution >= 4 is 27.3 Å². The standard InChI is InChI=1S/C10H12N4O4S2/c1-18-10(15)9-7(3-5-19-9)20(16,17)13-4-2-8-11-6-12-14-8/h3,5-6,13H,2,4H2,1H3,(H,11,12,14). The molecule has 0 aliphatic rings. The lowest BCUT2D eigenvalue weighted by Crippen LogP contribution is -2.27. The average molecular weight is 316 g/mol. The van der Waals surface area contributed by atoms with Crippen LogP contribution >= 0.6 is 11.3 Å². The Labute approximate surface area is 119 Å². The Bertz CT molecular complexity index is 678. The maximum Gasteiger partial charge on any atom is 0.349 e. The number of methoxy groups -OCH3 is 1. The number of hydrogen-bond donors (Lipinski definition) is 2. The molecule has 2 aromatic rings. The monoisotopic (exact) mass is 316 g/mol. The van der Waals surface area contributed by atoms with E-state index in [1.807, 2.05) is 0 Å². The van der Waals surface area contributed by atoms with Gasteiger partial charge in [0.05, 0.1) is 7.11 Å². The van der Waals surface area contributed by atoms with Crippen LogP contribution in [0, 0.1) is 0 Å². The van der Waals surface area contributed by atoms with Crippen LogP contribution in [0.15, 0.2) is 22.7 Å². The van der Waals surface area contributed by atoms with Gasteiger partial charge in [0.25, 0.3) is 0 Å². The Kier molecular flexibility index (Phi) is 4.47. The highest BCUT2D eigenvalue weighted by Gasteiger charge is 2.24. The van der Waals surface area contributed by atoms with Crippen molar-refractivity contribution in [2.24, 2.45) is 0 Å². The number of aromatic nitrogens is 3. The first kappa shape index (κ1) is 14.6. The van der Waals surface area contributed by atoms with Gasteiger partial charge in [-0.15, -0.1) is 11.3 Å². The Morgan fingerprint density at radius 2 is 2.35 bits per heavy atom. The normalized spacial score (nSPS) is 11.4. The lowest BCUT2D eigenvalue weighted by molar-refractivity contribution is 0.0602. The van der Waals surface area contributed by atoms with Gasteiger partial charge in [-0.1, -0.05) is 0 Å². The van der Waals surface area contributed by atoms with Crippen LogP contribution in [0.5, 0.6) is 0 Å². The summed E-state index contributed by atoms with van der Waals surface area (Å²) in [5.41, 5.74) is 0. The van der Waals surface area contributed by atoms with E-state index in [0.717, 1.165) is 11.3 Å². The predicted molar refractivity (Wildman–Crippen MR) is 70.9 cm³/mol. The minimum atomic E-state index is -3.76. The van der Waals surface area contributed by atoms with Crippen LogP contribution in [0.2, 0.25) is 0 Å². The molecule has 0 saturated heterocycles. The third-order valence-electron chi connectivity index (χ3n) is 2.41. The van der Waals surface area contributed by atoms with Crippen molar-refractivity contribution in [3.05, 3.63) is 28.5 Å². The fourth-order valence-corrected chi connectivity index (χ4v) is 3.85. The average Bonchev–Trinajstić information content (AvgIpc) is 3.08. The summed E-state index contributed by atoms with van der Waals surface area (Å²) in [4.78, 5) is 15.3. The molecule has 2 aromatic heterocycles. The highest BCUT2D eigenvalue weighted by molar-refractivity contribution is 7.89. The molecule has 108 valence electrons. The SMILES string of the molecule is COC(=O)c1sccc1S(=O)(=O)NCCc1ncn[nH]1. The Hall–Kier alpha value is -1.78. The first-order chi connectivity index (χ1) is 9.54. The van der Waals surface area contributed by atoms with Gasteiger partial charge < -0.3 is 4.74 Å². The molecule has 0 aromatic carbocycles. The molecule has 20 heavy (non-hydrogen) atoms. The molecule has 0 fully saturated rings. The number of rotatable bonds is 6. The van der Waals surface area contributed by atoms with E-state index in [4.69, 9.17) is 0 Å². The van der Waals surface area contributed by atoms with E-state index in [1.54, 1.807) is 0 Å². The Balaban J connectivity index is 2.07. The van der Waals surface area contributed by atoms with Gasteiger partial charge in [0, 0.05) is 13.0 Å². The second-order valence-corrected chi connectivity index (χ2v) is 6.34. The maximum absolute atomic E-state index is 12.1. The zero-order valence-corrected chi connectivity index (χ0v) is 12.1. The van der Waals surface area contributed by atoms with E-state index in [0.29, 0.717) is 12.2 Å². The number of sulfonamides is 1. The van der Waals surface area contributed by atoms with Gasteiger partial charge in [-0.05, 0) is 11.4 Å². The van der Waals surface area contributed by atoms with Crippen molar-refractivity contribution < 1.29 is 17.9 Å². The van der Waals surface area contributed by atoms with Crippen LogP contribution in [0.25, 0.3) is 0 Å². The zero-order valence-electron chi connectivity index (χ0n) is 10.5. The van der Waals surface area contributed by atoms with Gasteiger partial charge in [0.15, 0.2) is 0 Å². The first-order valence-electron chi connectivity index (χ1n) is 5.54. The maximum atomic E-state index is 12.1. The van der Waals surface area contributed by atoms with E-state index in [1.165, 1.54) is 24.9 Å². The summed E-state index contributed by atoms with van der Waals surface area (Å²) >= 11 is 1.02. The van der Waals surface area contributed by atoms with E-state index in [2.05, 4.69) is 24.6 Å². The fourth-order valence-electron chi connectivity index (χ4n) is 1.48. The van der Waals surface area contributed by atoms with Crippen LogP contribution in [-0.2, 0) is 21.2 Å². The van der Waals surface area contributed by atoms with Crippen LogP contribution in [0.1, 0.15) is 15.5 Å². The number of carbonyl (C=O) groups is 1. The van der Waals surface area contributed by atoms with Gasteiger partial charge in [0.1, 0.15) is 21.9 Å². The third-order valence-corrected chi connectivity index (χ3v) is 4.94. The number of H-pyrrole nitrogens is 1. The van der Waals surface area contributed by atoms with Gasteiger partial charge in [-0.3, -0.25) is 5.10 Å². The first-order valence-corrected chi connectivity index (χ1v) is 7.90. The lowest BCUT2D eigenvalue weighted by Gasteiger charge is -2.06. The molecule has 0 aliphatic carbocycles. The molecule has 0 radical (unpaired) electrons. The lowest BCUT2D eigenvalue weighted by atomic mass is 10.4. The molecule has 8 nitrogen and oxygen atoms in total. The molecule has 2 rings (SSSR count). The third kappa shape index (κ3) is 3.21. The molecular formula is C10H12N4O4S2. The largest absolute Gasteiger partial charge is 0.465 e. The summed E-state index contributed by atoms with van der Waals surface area (Å²) in [5.74, 6) is -0.0955. The summed E-state index contributed by atoms with van der Waals surface area (Å²) in [6, 6.07) is 1.37. The molecule has 0 aliphatic heterocycles. The Morgan fingerprint density at radius 1 is 1.55 bits per heavy atom. The Morgan fingerprint density at radius 3 is 3.00 bits per heavy atom. The quantitative estimate of drug-likeness (QED) is 0.735. The van der Waals surface area contributed by atoms with Crippen molar-refractivity contribution in [2.75, 3.05) is 13.7 Å². The van der Waals surface area contributed by atoms with Crippen LogP contribution < -0.4 is 4.72 Å². The number of nitrogens with one attached hydrogen (secondary N) is 2. The zero-order chi connectivity index (χ0) is 14.6. The van der Waals surface area contributed by atoms with E-state index < -0.39 is 16.0 Å². The molecule has 2 N–H and O–H groups in total. The summed E-state index contributed by atoms with van der Waals surface area (Å²) in [7, 11) is -2.55. The van der Waals surface area contributed by atoms with Gasteiger partial charge in [-0.2, -0.15) is 5.10 Å². The number of thiophene rings is 1. The predicted octanol–water partition coefficient (Wildman–Crippen LogP) is 0.174. The topological polar surface area (TPSA) is 114 Å². The number of ether oxygens (including phenoxy) is 1. The number of aromatic amines is 1. The molecule has 0 amide bonds. The van der Waals surface area contributed by atoms with Crippen molar-refractivity contribution in [2.45, 2.75) is 11.3 Å². The van der Waals surface area contributed by atoms with Crippen molar-refractivity contribution in [3.63, 3.8) is 0 Å². The van der Waals surface area contributed by atoms with E-state index in [9.17, 15) is 13.2 Å². The number of esters is 1. The molecule has 0 unspecified atom stereocenters.